The van der Waals surface area contributed by atoms with Gasteiger partial charge in [-0.3, -0.25) is 9.59 Å². The highest BCUT2D eigenvalue weighted by Gasteiger charge is 2.14. The number of amides is 2. The lowest BCUT2D eigenvalue weighted by Crippen LogP contribution is -2.32. The van der Waals surface area contributed by atoms with Crippen LogP contribution in [0.15, 0.2) is 42.5 Å². The summed E-state index contributed by atoms with van der Waals surface area (Å²) in [5.41, 5.74) is 4.33. The molecule has 0 aromatic heterocycles. The molecule has 2 aromatic rings. The third-order valence-electron chi connectivity index (χ3n) is 4.58. The standard InChI is InChI=1S/C23H31N3O2/c1-5-13-26(14-6-2)23(28)19-11-8-12-20(15-19)24-16-21(27)25-22-17(3)9-7-10-18(22)4/h7-12,15,24H,5-6,13-14,16H2,1-4H3,(H,25,27). The lowest BCUT2D eigenvalue weighted by Gasteiger charge is -2.21. The third-order valence-corrected chi connectivity index (χ3v) is 4.58. The first-order valence-corrected chi connectivity index (χ1v) is 9.95. The maximum Gasteiger partial charge on any atom is 0.253 e. The van der Waals surface area contributed by atoms with Gasteiger partial charge in [-0.25, -0.2) is 0 Å². The zero-order valence-corrected chi connectivity index (χ0v) is 17.3. The van der Waals surface area contributed by atoms with Crippen molar-refractivity contribution < 1.29 is 9.59 Å². The van der Waals surface area contributed by atoms with Crippen molar-refractivity contribution in [3.8, 4) is 0 Å². The molecule has 0 radical (unpaired) electrons. The molecule has 2 aromatic carbocycles. The molecule has 0 aliphatic carbocycles. The van der Waals surface area contributed by atoms with Gasteiger partial charge in [0.2, 0.25) is 5.91 Å². The number of nitrogens with zero attached hydrogens (tertiary/aromatic N) is 1. The summed E-state index contributed by atoms with van der Waals surface area (Å²) in [6.45, 7) is 9.74. The molecule has 5 heteroatoms. The molecule has 2 N–H and O–H groups in total. The van der Waals surface area contributed by atoms with E-state index in [1.165, 1.54) is 0 Å². The molecule has 0 spiro atoms. The summed E-state index contributed by atoms with van der Waals surface area (Å²) in [5.74, 6) is -0.0833. The van der Waals surface area contributed by atoms with Crippen molar-refractivity contribution in [3.63, 3.8) is 0 Å². The minimum absolute atomic E-state index is 0.0346. The van der Waals surface area contributed by atoms with Crippen LogP contribution >= 0.6 is 0 Å². The van der Waals surface area contributed by atoms with Gasteiger partial charge in [-0.15, -0.1) is 0 Å². The largest absolute Gasteiger partial charge is 0.376 e. The first-order valence-electron chi connectivity index (χ1n) is 9.95. The van der Waals surface area contributed by atoms with Crippen molar-refractivity contribution in [1.29, 1.82) is 0 Å². The van der Waals surface area contributed by atoms with E-state index in [0.717, 1.165) is 48.4 Å². The van der Waals surface area contributed by atoms with Gasteiger partial charge < -0.3 is 15.5 Å². The van der Waals surface area contributed by atoms with Crippen LogP contribution in [0.2, 0.25) is 0 Å². The Morgan fingerprint density at radius 2 is 1.54 bits per heavy atom. The fraction of sp³-hybridized carbons (Fsp3) is 0.391. The van der Waals surface area contributed by atoms with Gasteiger partial charge in [0.25, 0.3) is 5.91 Å². The molecule has 0 aliphatic heterocycles. The van der Waals surface area contributed by atoms with Crippen LogP contribution in [0.4, 0.5) is 11.4 Å². The Morgan fingerprint density at radius 3 is 2.14 bits per heavy atom. The van der Waals surface area contributed by atoms with E-state index < -0.39 is 0 Å². The maximum atomic E-state index is 12.8. The summed E-state index contributed by atoms with van der Waals surface area (Å²) in [6, 6.07) is 13.3. The van der Waals surface area contributed by atoms with Crippen LogP contribution in [0.3, 0.4) is 0 Å². The number of carbonyl (C=O) groups is 2. The highest BCUT2D eigenvalue weighted by atomic mass is 16.2. The number of hydrogen-bond acceptors (Lipinski definition) is 3. The average molecular weight is 382 g/mol. The van der Waals surface area contributed by atoms with E-state index in [1.807, 2.05) is 61.2 Å². The van der Waals surface area contributed by atoms with Crippen molar-refractivity contribution in [3.05, 3.63) is 59.2 Å². The Kier molecular flexibility index (Phi) is 8.05. The van der Waals surface area contributed by atoms with Gasteiger partial charge in [0.15, 0.2) is 0 Å². The number of para-hydroxylation sites is 1. The Hall–Kier alpha value is -2.82. The number of hydrogen-bond donors (Lipinski definition) is 2. The lowest BCUT2D eigenvalue weighted by molar-refractivity contribution is -0.114. The fourth-order valence-corrected chi connectivity index (χ4v) is 3.18. The van der Waals surface area contributed by atoms with Crippen molar-refractivity contribution in [1.82, 2.24) is 4.90 Å². The molecule has 0 heterocycles. The van der Waals surface area contributed by atoms with Crippen LogP contribution in [0.25, 0.3) is 0 Å². The molecule has 150 valence electrons. The predicted molar refractivity (Wildman–Crippen MR) is 116 cm³/mol. The second kappa shape index (κ2) is 10.5. The van der Waals surface area contributed by atoms with Crippen LogP contribution in [-0.4, -0.2) is 36.3 Å². The van der Waals surface area contributed by atoms with Crippen molar-refractivity contribution in [2.75, 3.05) is 30.3 Å². The van der Waals surface area contributed by atoms with Crippen LogP contribution in [0.1, 0.15) is 48.2 Å². The summed E-state index contributed by atoms with van der Waals surface area (Å²) in [5, 5.41) is 6.08. The smallest absolute Gasteiger partial charge is 0.253 e. The first kappa shape index (κ1) is 21.5. The summed E-state index contributed by atoms with van der Waals surface area (Å²) in [7, 11) is 0. The van der Waals surface area contributed by atoms with Crippen LogP contribution in [-0.2, 0) is 4.79 Å². The number of rotatable bonds is 9. The molecule has 0 atom stereocenters. The van der Waals surface area contributed by atoms with Gasteiger partial charge >= 0.3 is 0 Å². The van der Waals surface area contributed by atoms with Crippen molar-refractivity contribution >= 4 is 23.2 Å². The first-order chi connectivity index (χ1) is 13.5. The predicted octanol–water partition coefficient (Wildman–Crippen LogP) is 4.62. The fourth-order valence-electron chi connectivity index (χ4n) is 3.18. The Bertz CT molecular complexity index is 791. The SMILES string of the molecule is CCCN(CCC)C(=O)c1cccc(NCC(=O)Nc2c(C)cccc2C)c1. The topological polar surface area (TPSA) is 61.4 Å². The highest BCUT2D eigenvalue weighted by molar-refractivity contribution is 5.96. The second-order valence-corrected chi connectivity index (χ2v) is 7.04. The molecule has 28 heavy (non-hydrogen) atoms. The number of nitrogens with one attached hydrogen (secondary N) is 2. The number of benzene rings is 2. The second-order valence-electron chi connectivity index (χ2n) is 7.04. The molecular formula is C23H31N3O2. The van der Waals surface area contributed by atoms with Gasteiger partial charge in [-0.1, -0.05) is 38.1 Å². The van der Waals surface area contributed by atoms with Gasteiger partial charge in [-0.2, -0.15) is 0 Å². The summed E-state index contributed by atoms with van der Waals surface area (Å²) < 4.78 is 0. The number of aryl methyl sites for hydroxylation is 2. The van der Waals surface area contributed by atoms with Gasteiger partial charge in [0.05, 0.1) is 6.54 Å². The Labute approximate surface area is 168 Å². The number of anilines is 2. The van der Waals surface area contributed by atoms with Gasteiger partial charge in [0.1, 0.15) is 0 Å². The van der Waals surface area contributed by atoms with Crippen LogP contribution in [0, 0.1) is 13.8 Å². The van der Waals surface area contributed by atoms with E-state index in [4.69, 9.17) is 0 Å². The zero-order valence-electron chi connectivity index (χ0n) is 17.3. The van der Waals surface area contributed by atoms with E-state index in [-0.39, 0.29) is 18.4 Å². The minimum Gasteiger partial charge on any atom is -0.376 e. The molecule has 0 unspecified atom stereocenters. The molecular weight excluding hydrogens is 350 g/mol. The van der Waals surface area contributed by atoms with E-state index in [0.29, 0.717) is 5.56 Å². The van der Waals surface area contributed by atoms with Gasteiger partial charge in [0, 0.05) is 30.0 Å². The molecule has 0 bridgehead atoms. The molecule has 0 aliphatic rings. The van der Waals surface area contributed by atoms with Crippen molar-refractivity contribution in [2.45, 2.75) is 40.5 Å². The zero-order chi connectivity index (χ0) is 20.5. The molecule has 0 saturated carbocycles. The third kappa shape index (κ3) is 5.84. The van der Waals surface area contributed by atoms with E-state index in [2.05, 4.69) is 24.5 Å². The van der Waals surface area contributed by atoms with E-state index in [1.54, 1.807) is 0 Å². The summed E-state index contributed by atoms with van der Waals surface area (Å²) in [6.07, 6.45) is 1.87. The van der Waals surface area contributed by atoms with Crippen LogP contribution in [0.5, 0.6) is 0 Å². The summed E-state index contributed by atoms with van der Waals surface area (Å²) >= 11 is 0. The highest BCUT2D eigenvalue weighted by Crippen LogP contribution is 2.19. The monoisotopic (exact) mass is 381 g/mol. The van der Waals surface area contributed by atoms with Gasteiger partial charge in [-0.05, 0) is 56.0 Å². The summed E-state index contributed by atoms with van der Waals surface area (Å²) in [4.78, 5) is 27.0. The molecule has 0 saturated heterocycles. The van der Waals surface area contributed by atoms with E-state index in [9.17, 15) is 9.59 Å². The lowest BCUT2D eigenvalue weighted by atomic mass is 10.1. The van der Waals surface area contributed by atoms with E-state index >= 15 is 0 Å². The Morgan fingerprint density at radius 1 is 0.929 bits per heavy atom. The molecule has 0 fully saturated rings. The minimum atomic E-state index is -0.118. The molecule has 5 nitrogen and oxygen atoms in total. The quantitative estimate of drug-likeness (QED) is 0.666. The van der Waals surface area contributed by atoms with Crippen LogP contribution < -0.4 is 10.6 Å². The molecule has 2 rings (SSSR count). The normalized spacial score (nSPS) is 10.4. The average Bonchev–Trinajstić information content (AvgIpc) is 2.69. The number of carbonyl (C=O) groups excluding carboxylic acids is 2. The Balaban J connectivity index is 2.00. The van der Waals surface area contributed by atoms with Crippen molar-refractivity contribution in [2.24, 2.45) is 0 Å². The molecule has 2 amide bonds. The maximum absolute atomic E-state index is 12.8.